The second-order valence-electron chi connectivity index (χ2n) is 5.43. The van der Waals surface area contributed by atoms with Gasteiger partial charge >= 0.3 is 0 Å². The van der Waals surface area contributed by atoms with Crippen molar-refractivity contribution in [2.24, 2.45) is 5.10 Å². The van der Waals surface area contributed by atoms with E-state index in [0.717, 1.165) is 5.56 Å². The molecule has 0 aliphatic carbocycles. The monoisotopic (exact) mass is 388 g/mol. The Morgan fingerprint density at radius 3 is 2.85 bits per heavy atom. The number of carbonyl (C=O) groups excluding carboxylic acids is 1. The average molecular weight is 389 g/mol. The molecule has 0 aliphatic rings. The number of phenols is 1. The van der Waals surface area contributed by atoms with E-state index >= 15 is 0 Å². The highest BCUT2D eigenvalue weighted by Crippen LogP contribution is 2.21. The standard InChI is InChI=1S/C18H14Cl2N4O2/c19-14-5-4-13(16(20)9-14)11-24-7-6-17(23-24)18(26)22-21-10-12-2-1-3-15(25)8-12/h1-10,25H,11H2,(H,22,26). The number of phenolic OH excluding ortho intramolecular Hbond substituents is 1. The quantitative estimate of drug-likeness (QED) is 0.516. The molecule has 0 fully saturated rings. The minimum Gasteiger partial charge on any atom is -0.508 e. The maximum absolute atomic E-state index is 12.1. The van der Waals surface area contributed by atoms with Crippen LogP contribution in [-0.2, 0) is 6.54 Å². The number of aromatic nitrogens is 2. The molecule has 8 heteroatoms. The van der Waals surface area contributed by atoms with Crippen molar-refractivity contribution >= 4 is 35.3 Å². The molecule has 0 saturated heterocycles. The van der Waals surface area contributed by atoms with Crippen LogP contribution in [-0.4, -0.2) is 27.0 Å². The van der Waals surface area contributed by atoms with E-state index in [9.17, 15) is 9.90 Å². The molecule has 0 spiro atoms. The number of carbonyl (C=O) groups is 1. The molecule has 1 aromatic heterocycles. The second-order valence-corrected chi connectivity index (χ2v) is 6.27. The van der Waals surface area contributed by atoms with Crippen LogP contribution in [0.5, 0.6) is 5.75 Å². The number of hydrogen-bond acceptors (Lipinski definition) is 4. The average Bonchev–Trinajstić information content (AvgIpc) is 3.06. The molecule has 1 heterocycles. The fraction of sp³-hybridized carbons (Fsp3) is 0.0556. The summed E-state index contributed by atoms with van der Waals surface area (Å²) in [5.74, 6) is -0.317. The van der Waals surface area contributed by atoms with E-state index in [4.69, 9.17) is 23.2 Å². The first kappa shape index (κ1) is 18.0. The Morgan fingerprint density at radius 2 is 2.08 bits per heavy atom. The number of rotatable bonds is 5. The van der Waals surface area contributed by atoms with E-state index < -0.39 is 5.91 Å². The smallest absolute Gasteiger partial charge is 0.291 e. The van der Waals surface area contributed by atoms with E-state index in [1.807, 2.05) is 6.07 Å². The number of nitrogens with one attached hydrogen (secondary N) is 1. The number of halogens is 2. The van der Waals surface area contributed by atoms with Crippen LogP contribution in [0.1, 0.15) is 21.6 Å². The van der Waals surface area contributed by atoms with E-state index in [1.165, 1.54) is 12.3 Å². The van der Waals surface area contributed by atoms with E-state index in [-0.39, 0.29) is 11.4 Å². The lowest BCUT2D eigenvalue weighted by molar-refractivity contribution is 0.0949. The van der Waals surface area contributed by atoms with Crippen molar-refractivity contribution in [3.05, 3.63) is 81.6 Å². The molecule has 0 unspecified atom stereocenters. The molecule has 0 aliphatic heterocycles. The summed E-state index contributed by atoms with van der Waals surface area (Å²) in [5, 5.41) is 18.5. The Kier molecular flexibility index (Phi) is 5.55. The SMILES string of the molecule is O=C(NN=Cc1cccc(O)c1)c1ccn(Cc2ccc(Cl)cc2Cl)n1. The van der Waals surface area contributed by atoms with Crippen molar-refractivity contribution in [2.45, 2.75) is 6.54 Å². The van der Waals surface area contributed by atoms with Gasteiger partial charge in [0.15, 0.2) is 5.69 Å². The topological polar surface area (TPSA) is 79.5 Å². The van der Waals surface area contributed by atoms with Gasteiger partial charge in [0.1, 0.15) is 5.75 Å². The molecule has 0 atom stereocenters. The molecule has 1 amide bonds. The van der Waals surface area contributed by atoms with Gasteiger partial charge in [-0.05, 0) is 41.5 Å². The molecule has 2 N–H and O–H groups in total. The van der Waals surface area contributed by atoms with Gasteiger partial charge in [-0.1, -0.05) is 41.4 Å². The van der Waals surface area contributed by atoms with Crippen LogP contribution in [0.25, 0.3) is 0 Å². The Morgan fingerprint density at radius 1 is 1.23 bits per heavy atom. The largest absolute Gasteiger partial charge is 0.508 e. The molecule has 0 radical (unpaired) electrons. The summed E-state index contributed by atoms with van der Waals surface area (Å²) in [5.41, 5.74) is 4.12. The number of hydrazone groups is 1. The third kappa shape index (κ3) is 4.62. The molecular formula is C18H14Cl2N4O2. The van der Waals surface area contributed by atoms with Crippen LogP contribution in [0.15, 0.2) is 59.8 Å². The van der Waals surface area contributed by atoms with Gasteiger partial charge in [-0.15, -0.1) is 0 Å². The van der Waals surface area contributed by atoms with Crippen LogP contribution < -0.4 is 5.43 Å². The second kappa shape index (κ2) is 8.03. The molecule has 3 rings (SSSR count). The Bertz CT molecular complexity index is 969. The molecule has 3 aromatic rings. The summed E-state index contributed by atoms with van der Waals surface area (Å²) in [6.45, 7) is 0.413. The number of aromatic hydroxyl groups is 1. The first-order valence-electron chi connectivity index (χ1n) is 7.61. The van der Waals surface area contributed by atoms with Crippen LogP contribution in [0.2, 0.25) is 10.0 Å². The van der Waals surface area contributed by atoms with Gasteiger partial charge in [0.25, 0.3) is 5.91 Å². The highest BCUT2D eigenvalue weighted by Gasteiger charge is 2.10. The fourth-order valence-corrected chi connectivity index (χ4v) is 2.69. The summed E-state index contributed by atoms with van der Waals surface area (Å²) in [7, 11) is 0. The van der Waals surface area contributed by atoms with Gasteiger partial charge in [0, 0.05) is 16.2 Å². The molecular weight excluding hydrogens is 375 g/mol. The zero-order chi connectivity index (χ0) is 18.5. The van der Waals surface area contributed by atoms with Crippen LogP contribution >= 0.6 is 23.2 Å². The Labute approximate surface area is 159 Å². The molecule has 26 heavy (non-hydrogen) atoms. The number of nitrogens with zero attached hydrogens (tertiary/aromatic N) is 3. The molecule has 6 nitrogen and oxygen atoms in total. The van der Waals surface area contributed by atoms with Crippen LogP contribution in [0, 0.1) is 0 Å². The molecule has 2 aromatic carbocycles. The Hall–Kier alpha value is -2.83. The van der Waals surface area contributed by atoms with Crippen molar-refractivity contribution in [1.82, 2.24) is 15.2 Å². The summed E-state index contributed by atoms with van der Waals surface area (Å²) >= 11 is 12.0. The maximum atomic E-state index is 12.1. The summed E-state index contributed by atoms with van der Waals surface area (Å²) < 4.78 is 1.60. The third-order valence-electron chi connectivity index (χ3n) is 3.47. The first-order chi connectivity index (χ1) is 12.5. The van der Waals surface area contributed by atoms with Gasteiger partial charge in [-0.25, -0.2) is 5.43 Å². The predicted octanol–water partition coefficient (Wildman–Crippen LogP) is 3.71. The minimum atomic E-state index is -0.442. The highest BCUT2D eigenvalue weighted by molar-refractivity contribution is 6.35. The lowest BCUT2D eigenvalue weighted by Crippen LogP contribution is -2.18. The summed E-state index contributed by atoms with van der Waals surface area (Å²) in [4.78, 5) is 12.1. The van der Waals surface area contributed by atoms with Crippen molar-refractivity contribution in [1.29, 1.82) is 0 Å². The first-order valence-corrected chi connectivity index (χ1v) is 8.37. The van der Waals surface area contributed by atoms with Crippen LogP contribution in [0.3, 0.4) is 0 Å². The lowest BCUT2D eigenvalue weighted by atomic mass is 10.2. The summed E-state index contributed by atoms with van der Waals surface area (Å²) in [6, 6.07) is 13.3. The van der Waals surface area contributed by atoms with Gasteiger partial charge in [0.05, 0.1) is 12.8 Å². The highest BCUT2D eigenvalue weighted by atomic mass is 35.5. The third-order valence-corrected chi connectivity index (χ3v) is 4.06. The normalized spacial score (nSPS) is 11.0. The molecule has 0 bridgehead atoms. The van der Waals surface area contributed by atoms with Gasteiger partial charge < -0.3 is 5.11 Å². The fourth-order valence-electron chi connectivity index (χ4n) is 2.22. The van der Waals surface area contributed by atoms with Gasteiger partial charge in [-0.3, -0.25) is 9.48 Å². The van der Waals surface area contributed by atoms with Gasteiger partial charge in [0.2, 0.25) is 0 Å². The molecule has 132 valence electrons. The zero-order valence-corrected chi connectivity index (χ0v) is 14.9. The number of hydrogen-bond donors (Lipinski definition) is 2. The van der Waals surface area contributed by atoms with Crippen molar-refractivity contribution in [2.75, 3.05) is 0 Å². The summed E-state index contributed by atoms with van der Waals surface area (Å²) in [6.07, 6.45) is 3.11. The minimum absolute atomic E-state index is 0.125. The predicted molar refractivity (Wildman–Crippen MR) is 101 cm³/mol. The van der Waals surface area contributed by atoms with E-state index in [1.54, 1.807) is 47.3 Å². The van der Waals surface area contributed by atoms with Crippen molar-refractivity contribution < 1.29 is 9.90 Å². The number of benzene rings is 2. The van der Waals surface area contributed by atoms with E-state index in [0.29, 0.717) is 22.2 Å². The zero-order valence-electron chi connectivity index (χ0n) is 13.4. The molecule has 0 saturated carbocycles. The van der Waals surface area contributed by atoms with Crippen molar-refractivity contribution in [3.63, 3.8) is 0 Å². The van der Waals surface area contributed by atoms with Crippen LogP contribution in [0.4, 0.5) is 0 Å². The maximum Gasteiger partial charge on any atom is 0.291 e. The lowest BCUT2D eigenvalue weighted by Gasteiger charge is -2.05. The Balaban J connectivity index is 1.62. The number of amides is 1. The van der Waals surface area contributed by atoms with E-state index in [2.05, 4.69) is 15.6 Å². The van der Waals surface area contributed by atoms with Gasteiger partial charge in [-0.2, -0.15) is 10.2 Å². The van der Waals surface area contributed by atoms with Crippen molar-refractivity contribution in [3.8, 4) is 5.75 Å².